The number of piperazine rings is 1. The Hall–Kier alpha value is -3.07. The number of carbonyl (C=O) groups is 4. The molecule has 1 saturated heterocycles. The second kappa shape index (κ2) is 9.04. The van der Waals surface area contributed by atoms with Crippen molar-refractivity contribution in [2.24, 2.45) is 0 Å². The molecule has 1 aliphatic heterocycles. The van der Waals surface area contributed by atoms with Gasteiger partial charge in [-0.05, 0) is 18.2 Å². The first-order chi connectivity index (χ1) is 12.8. The maximum atomic E-state index is 12.4. The van der Waals surface area contributed by atoms with Gasteiger partial charge in [-0.2, -0.15) is 0 Å². The van der Waals surface area contributed by atoms with Crippen LogP contribution in [0, 0.1) is 0 Å². The molecule has 144 valence electrons. The molecule has 3 N–H and O–H groups in total. The Bertz CT molecular complexity index is 795. The van der Waals surface area contributed by atoms with Gasteiger partial charge in [0, 0.05) is 30.3 Å². The number of anilines is 1. The van der Waals surface area contributed by atoms with Gasteiger partial charge >= 0.3 is 5.97 Å². The lowest BCUT2D eigenvalue weighted by atomic mass is 10.1. The summed E-state index contributed by atoms with van der Waals surface area (Å²) in [5, 5.41) is 14.2. The van der Waals surface area contributed by atoms with Gasteiger partial charge in [0.25, 0.3) is 0 Å². The van der Waals surface area contributed by atoms with E-state index in [0.717, 1.165) is 11.0 Å². The van der Waals surface area contributed by atoms with Crippen LogP contribution in [0.3, 0.4) is 0 Å². The Labute approximate surface area is 159 Å². The number of rotatable bonds is 6. The van der Waals surface area contributed by atoms with Crippen LogP contribution in [0.15, 0.2) is 30.4 Å². The van der Waals surface area contributed by atoms with Gasteiger partial charge in [-0.25, -0.2) is 4.79 Å². The molecule has 1 atom stereocenters. The van der Waals surface area contributed by atoms with Gasteiger partial charge in [-0.3, -0.25) is 14.4 Å². The summed E-state index contributed by atoms with van der Waals surface area (Å²) in [5.74, 6) is -2.58. The molecule has 0 radical (unpaired) electrons. The zero-order chi connectivity index (χ0) is 20.0. The smallest absolute Gasteiger partial charge is 0.328 e. The standard InChI is InChI=1S/C17H18ClN3O6/c1-27-13-3-2-10(18)8-11(13)20-14(22)9-12-17(26)19-6-7-21(12)15(23)4-5-16(24)25/h2-5,8,12H,6-7,9H2,1H3,(H,19,26)(H,20,22)(H,24,25)/b5-4-/t12-/m0/s1. The van der Waals surface area contributed by atoms with Crippen LogP contribution < -0.4 is 15.4 Å². The van der Waals surface area contributed by atoms with Crippen molar-refractivity contribution >= 4 is 41.0 Å². The number of benzene rings is 1. The number of carbonyl (C=O) groups excluding carboxylic acids is 3. The van der Waals surface area contributed by atoms with Gasteiger partial charge in [-0.15, -0.1) is 0 Å². The molecule has 1 heterocycles. The molecule has 0 aliphatic carbocycles. The molecule has 1 aromatic rings. The van der Waals surface area contributed by atoms with E-state index in [1.54, 1.807) is 12.1 Å². The quantitative estimate of drug-likeness (QED) is 0.607. The second-order valence-corrected chi connectivity index (χ2v) is 6.04. The Kier molecular flexibility index (Phi) is 6.78. The molecular weight excluding hydrogens is 378 g/mol. The normalized spacial score (nSPS) is 16.7. The molecule has 0 spiro atoms. The predicted molar refractivity (Wildman–Crippen MR) is 96.5 cm³/mol. The van der Waals surface area contributed by atoms with Crippen LogP contribution in [0.4, 0.5) is 5.69 Å². The molecule has 1 aromatic carbocycles. The van der Waals surface area contributed by atoms with Gasteiger partial charge in [0.2, 0.25) is 17.7 Å². The number of hydrogen-bond acceptors (Lipinski definition) is 5. The maximum Gasteiger partial charge on any atom is 0.328 e. The molecule has 3 amide bonds. The van der Waals surface area contributed by atoms with Crippen molar-refractivity contribution < 1.29 is 29.0 Å². The van der Waals surface area contributed by atoms with Crippen LogP contribution in [0.5, 0.6) is 5.75 Å². The topological polar surface area (TPSA) is 125 Å². The van der Waals surface area contributed by atoms with Crippen LogP contribution >= 0.6 is 11.6 Å². The van der Waals surface area contributed by atoms with E-state index in [1.807, 2.05) is 0 Å². The largest absolute Gasteiger partial charge is 0.495 e. The van der Waals surface area contributed by atoms with E-state index in [4.69, 9.17) is 21.4 Å². The molecule has 1 aliphatic rings. The summed E-state index contributed by atoms with van der Waals surface area (Å²) in [6.07, 6.45) is 1.22. The summed E-state index contributed by atoms with van der Waals surface area (Å²) >= 11 is 5.92. The summed E-state index contributed by atoms with van der Waals surface area (Å²) in [7, 11) is 1.43. The first-order valence-corrected chi connectivity index (χ1v) is 8.32. The van der Waals surface area contributed by atoms with E-state index in [0.29, 0.717) is 22.5 Å². The predicted octanol–water partition coefficient (Wildman–Crippen LogP) is 0.645. The highest BCUT2D eigenvalue weighted by atomic mass is 35.5. The summed E-state index contributed by atoms with van der Waals surface area (Å²) in [6.45, 7) is 0.374. The molecule has 0 unspecified atom stereocenters. The fraction of sp³-hybridized carbons (Fsp3) is 0.294. The lowest BCUT2D eigenvalue weighted by molar-refractivity contribution is -0.141. The lowest BCUT2D eigenvalue weighted by Gasteiger charge is -2.34. The summed E-state index contributed by atoms with van der Waals surface area (Å²) < 4.78 is 5.14. The van der Waals surface area contributed by atoms with Crippen molar-refractivity contribution in [3.8, 4) is 5.75 Å². The first-order valence-electron chi connectivity index (χ1n) is 7.94. The van der Waals surface area contributed by atoms with E-state index in [2.05, 4.69) is 10.6 Å². The van der Waals surface area contributed by atoms with E-state index < -0.39 is 29.7 Å². The molecule has 0 saturated carbocycles. The summed E-state index contributed by atoms with van der Waals surface area (Å²) in [6, 6.07) is 3.62. The van der Waals surface area contributed by atoms with Gasteiger partial charge < -0.3 is 25.4 Å². The van der Waals surface area contributed by atoms with Crippen molar-refractivity contribution in [1.29, 1.82) is 0 Å². The molecular formula is C17H18ClN3O6. The monoisotopic (exact) mass is 395 g/mol. The highest BCUT2D eigenvalue weighted by Gasteiger charge is 2.34. The minimum Gasteiger partial charge on any atom is -0.495 e. The molecule has 2 rings (SSSR count). The van der Waals surface area contributed by atoms with Crippen LogP contribution in [-0.2, 0) is 19.2 Å². The summed E-state index contributed by atoms with van der Waals surface area (Å²) in [4.78, 5) is 48.4. The fourth-order valence-corrected chi connectivity index (χ4v) is 2.75. The number of halogens is 1. The van der Waals surface area contributed by atoms with Crippen molar-refractivity contribution in [3.05, 3.63) is 35.4 Å². The average molecular weight is 396 g/mol. The molecule has 0 aromatic heterocycles. The minimum absolute atomic E-state index is 0.160. The Balaban J connectivity index is 2.13. The number of nitrogens with zero attached hydrogens (tertiary/aromatic N) is 1. The van der Waals surface area contributed by atoms with Gasteiger partial charge in [-0.1, -0.05) is 11.6 Å². The molecule has 27 heavy (non-hydrogen) atoms. The molecule has 1 fully saturated rings. The SMILES string of the molecule is COc1ccc(Cl)cc1NC(=O)C[C@H]1C(=O)NCCN1C(=O)/C=C\C(=O)O. The fourth-order valence-electron chi connectivity index (χ4n) is 2.57. The van der Waals surface area contributed by atoms with Crippen LogP contribution in [0.1, 0.15) is 6.42 Å². The third-order valence-corrected chi connectivity index (χ3v) is 4.03. The van der Waals surface area contributed by atoms with Crippen LogP contribution in [-0.4, -0.2) is 59.9 Å². The Morgan fingerprint density at radius 2 is 2.15 bits per heavy atom. The molecule has 9 nitrogen and oxygen atoms in total. The summed E-state index contributed by atoms with van der Waals surface area (Å²) in [5.41, 5.74) is 0.329. The number of amides is 3. The van der Waals surface area contributed by atoms with Crippen LogP contribution in [0.2, 0.25) is 5.02 Å². The number of carboxylic acids is 1. The number of ether oxygens (including phenoxy) is 1. The number of aliphatic carboxylic acids is 1. The van der Waals surface area contributed by atoms with Crippen molar-refractivity contribution in [2.45, 2.75) is 12.5 Å². The highest BCUT2D eigenvalue weighted by Crippen LogP contribution is 2.28. The van der Waals surface area contributed by atoms with E-state index >= 15 is 0 Å². The van der Waals surface area contributed by atoms with Gasteiger partial charge in [0.05, 0.1) is 19.2 Å². The van der Waals surface area contributed by atoms with Gasteiger partial charge in [0.1, 0.15) is 11.8 Å². The lowest BCUT2D eigenvalue weighted by Crippen LogP contribution is -2.57. The van der Waals surface area contributed by atoms with Crippen molar-refractivity contribution in [2.75, 3.05) is 25.5 Å². The first kappa shape index (κ1) is 20.2. The number of carboxylic acid groups (broad SMARTS) is 1. The third kappa shape index (κ3) is 5.45. The molecule has 0 bridgehead atoms. The Morgan fingerprint density at radius 1 is 1.41 bits per heavy atom. The van der Waals surface area contributed by atoms with E-state index in [9.17, 15) is 19.2 Å². The van der Waals surface area contributed by atoms with Crippen molar-refractivity contribution in [3.63, 3.8) is 0 Å². The van der Waals surface area contributed by atoms with E-state index in [-0.39, 0.29) is 19.5 Å². The van der Waals surface area contributed by atoms with Gasteiger partial charge in [0.15, 0.2) is 0 Å². The zero-order valence-electron chi connectivity index (χ0n) is 14.4. The highest BCUT2D eigenvalue weighted by molar-refractivity contribution is 6.31. The Morgan fingerprint density at radius 3 is 2.81 bits per heavy atom. The number of methoxy groups -OCH3 is 1. The third-order valence-electron chi connectivity index (χ3n) is 3.80. The molecule has 10 heteroatoms. The maximum absolute atomic E-state index is 12.4. The van der Waals surface area contributed by atoms with E-state index in [1.165, 1.54) is 13.2 Å². The zero-order valence-corrected chi connectivity index (χ0v) is 15.2. The minimum atomic E-state index is -1.29. The second-order valence-electron chi connectivity index (χ2n) is 5.61. The van der Waals surface area contributed by atoms with Crippen molar-refractivity contribution in [1.82, 2.24) is 10.2 Å². The average Bonchev–Trinajstić information content (AvgIpc) is 2.61. The number of nitrogens with one attached hydrogen (secondary N) is 2. The number of hydrogen-bond donors (Lipinski definition) is 3. The van der Waals surface area contributed by atoms with Crippen LogP contribution in [0.25, 0.3) is 0 Å².